The van der Waals surface area contributed by atoms with E-state index in [1.807, 2.05) is 12.1 Å². The molecule has 21 heavy (non-hydrogen) atoms. The third-order valence-corrected chi connectivity index (χ3v) is 3.35. The van der Waals surface area contributed by atoms with Crippen LogP contribution in [0.3, 0.4) is 0 Å². The van der Waals surface area contributed by atoms with E-state index in [0.29, 0.717) is 17.9 Å². The first kappa shape index (κ1) is 17.5. The van der Waals surface area contributed by atoms with Crippen LogP contribution in [0.5, 0.6) is 5.75 Å². The molecular weight excluding hydrogens is 268 g/mol. The number of carbonyl (C=O) groups excluding carboxylic acids is 1. The van der Waals surface area contributed by atoms with Crippen molar-refractivity contribution in [3.63, 3.8) is 0 Å². The molecule has 0 aliphatic heterocycles. The first-order valence-corrected chi connectivity index (χ1v) is 7.15. The largest absolute Gasteiger partial charge is 0.495 e. The number of amides is 1. The van der Waals surface area contributed by atoms with Crippen LogP contribution in [-0.4, -0.2) is 37.3 Å². The summed E-state index contributed by atoms with van der Waals surface area (Å²) >= 11 is 0. The van der Waals surface area contributed by atoms with Gasteiger partial charge >= 0.3 is 0 Å². The average Bonchev–Trinajstić information content (AvgIpc) is 2.42. The molecule has 0 heterocycles. The summed E-state index contributed by atoms with van der Waals surface area (Å²) < 4.78 is 5.20. The van der Waals surface area contributed by atoms with Crippen molar-refractivity contribution in [1.82, 2.24) is 5.32 Å². The molecule has 1 aromatic carbocycles. The van der Waals surface area contributed by atoms with Gasteiger partial charge in [0.05, 0.1) is 19.3 Å². The van der Waals surface area contributed by atoms with Crippen molar-refractivity contribution < 1.29 is 14.6 Å². The predicted molar refractivity (Wildman–Crippen MR) is 84.6 cm³/mol. The van der Waals surface area contributed by atoms with Gasteiger partial charge < -0.3 is 20.5 Å². The first-order chi connectivity index (χ1) is 9.88. The van der Waals surface area contributed by atoms with Gasteiger partial charge in [0.2, 0.25) is 5.91 Å². The maximum absolute atomic E-state index is 12.0. The molecule has 0 fully saturated rings. The molecule has 0 spiro atoms. The van der Waals surface area contributed by atoms with Crippen LogP contribution in [-0.2, 0) is 4.79 Å². The first-order valence-electron chi connectivity index (χ1n) is 7.15. The number of hydrogen-bond acceptors (Lipinski definition) is 4. The SMILES string of the molecule is COc1ccccc1NC(=O)CNC(CCO)C(C)(C)C. The third-order valence-electron chi connectivity index (χ3n) is 3.35. The van der Waals surface area contributed by atoms with E-state index in [2.05, 4.69) is 31.4 Å². The Kier molecular flexibility index (Phi) is 6.65. The number of benzene rings is 1. The Balaban J connectivity index is 2.57. The molecule has 0 aromatic heterocycles. The Morgan fingerprint density at radius 3 is 2.57 bits per heavy atom. The number of nitrogens with one attached hydrogen (secondary N) is 2. The second-order valence-corrected chi connectivity index (χ2v) is 6.06. The molecule has 1 atom stereocenters. The summed E-state index contributed by atoms with van der Waals surface area (Å²) in [4.78, 5) is 12.0. The smallest absolute Gasteiger partial charge is 0.238 e. The van der Waals surface area contributed by atoms with E-state index in [9.17, 15) is 4.79 Å². The summed E-state index contributed by atoms with van der Waals surface area (Å²) in [6, 6.07) is 7.36. The second-order valence-electron chi connectivity index (χ2n) is 6.06. The minimum atomic E-state index is -0.133. The molecule has 118 valence electrons. The number of rotatable bonds is 7. The number of para-hydroxylation sites is 2. The zero-order chi connectivity index (χ0) is 15.9. The highest BCUT2D eigenvalue weighted by Crippen LogP contribution is 2.23. The van der Waals surface area contributed by atoms with Crippen LogP contribution in [0.4, 0.5) is 5.69 Å². The molecule has 0 aliphatic carbocycles. The van der Waals surface area contributed by atoms with Crippen molar-refractivity contribution in [1.29, 1.82) is 0 Å². The Morgan fingerprint density at radius 1 is 1.33 bits per heavy atom. The summed E-state index contributed by atoms with van der Waals surface area (Å²) in [6.07, 6.45) is 0.617. The molecule has 3 N–H and O–H groups in total. The van der Waals surface area contributed by atoms with Gasteiger partial charge in [0.25, 0.3) is 0 Å². The van der Waals surface area contributed by atoms with E-state index >= 15 is 0 Å². The summed E-state index contributed by atoms with van der Waals surface area (Å²) in [5.41, 5.74) is 0.634. The van der Waals surface area contributed by atoms with Crippen molar-refractivity contribution in [3.05, 3.63) is 24.3 Å². The number of hydrogen-bond donors (Lipinski definition) is 3. The molecule has 5 nitrogen and oxygen atoms in total. The maximum Gasteiger partial charge on any atom is 0.238 e. The van der Waals surface area contributed by atoms with Crippen molar-refractivity contribution in [2.75, 3.05) is 25.6 Å². The van der Waals surface area contributed by atoms with Gasteiger partial charge in [-0.3, -0.25) is 4.79 Å². The normalized spacial score (nSPS) is 12.8. The Bertz CT molecular complexity index is 455. The average molecular weight is 294 g/mol. The van der Waals surface area contributed by atoms with Crippen molar-refractivity contribution in [2.24, 2.45) is 5.41 Å². The minimum absolute atomic E-state index is 0.0204. The van der Waals surface area contributed by atoms with Crippen molar-refractivity contribution in [3.8, 4) is 5.75 Å². The van der Waals surface area contributed by atoms with Gasteiger partial charge in [0.1, 0.15) is 5.75 Å². The highest BCUT2D eigenvalue weighted by Gasteiger charge is 2.24. The summed E-state index contributed by atoms with van der Waals surface area (Å²) in [5.74, 6) is 0.500. The molecule has 1 rings (SSSR count). The fourth-order valence-corrected chi connectivity index (χ4v) is 2.13. The Labute approximate surface area is 126 Å². The molecule has 1 unspecified atom stereocenters. The molecule has 0 bridgehead atoms. The lowest BCUT2D eigenvalue weighted by Gasteiger charge is -2.31. The number of methoxy groups -OCH3 is 1. The maximum atomic E-state index is 12.0. The van der Waals surface area contributed by atoms with Gasteiger partial charge in [-0.25, -0.2) is 0 Å². The lowest BCUT2D eigenvalue weighted by Crippen LogP contribution is -2.44. The van der Waals surface area contributed by atoms with E-state index in [1.165, 1.54) is 0 Å². The number of aliphatic hydroxyl groups is 1. The van der Waals surface area contributed by atoms with Crippen molar-refractivity contribution >= 4 is 11.6 Å². The lowest BCUT2D eigenvalue weighted by atomic mass is 9.85. The molecule has 0 aliphatic rings. The number of anilines is 1. The van der Waals surface area contributed by atoms with Crippen LogP contribution < -0.4 is 15.4 Å². The highest BCUT2D eigenvalue weighted by molar-refractivity contribution is 5.93. The van der Waals surface area contributed by atoms with Gasteiger partial charge in [-0.15, -0.1) is 0 Å². The van der Waals surface area contributed by atoms with E-state index in [1.54, 1.807) is 19.2 Å². The molecule has 0 saturated heterocycles. The van der Waals surface area contributed by atoms with Gasteiger partial charge in [0, 0.05) is 12.6 Å². The minimum Gasteiger partial charge on any atom is -0.495 e. The van der Waals surface area contributed by atoms with Crippen LogP contribution in [0.1, 0.15) is 27.2 Å². The Morgan fingerprint density at radius 2 is 2.00 bits per heavy atom. The zero-order valence-electron chi connectivity index (χ0n) is 13.3. The summed E-state index contributed by atoms with van der Waals surface area (Å²) in [5, 5.41) is 15.1. The molecular formula is C16H26N2O3. The fraction of sp³-hybridized carbons (Fsp3) is 0.562. The molecule has 0 radical (unpaired) electrons. The highest BCUT2D eigenvalue weighted by atomic mass is 16.5. The molecule has 5 heteroatoms. The van der Waals surface area contributed by atoms with Crippen LogP contribution in [0.25, 0.3) is 0 Å². The topological polar surface area (TPSA) is 70.6 Å². The molecule has 1 amide bonds. The quantitative estimate of drug-likeness (QED) is 0.719. The Hall–Kier alpha value is -1.59. The second kappa shape index (κ2) is 8.00. The van der Waals surface area contributed by atoms with Crippen molar-refractivity contribution in [2.45, 2.75) is 33.2 Å². The monoisotopic (exact) mass is 294 g/mol. The van der Waals surface area contributed by atoms with E-state index < -0.39 is 0 Å². The van der Waals surface area contributed by atoms with Crippen LogP contribution in [0.2, 0.25) is 0 Å². The molecule has 0 saturated carbocycles. The number of aliphatic hydroxyl groups excluding tert-OH is 1. The van der Waals surface area contributed by atoms with Gasteiger partial charge in [0.15, 0.2) is 0 Å². The van der Waals surface area contributed by atoms with Gasteiger partial charge in [-0.05, 0) is 24.0 Å². The van der Waals surface area contributed by atoms with Gasteiger partial charge in [-0.1, -0.05) is 32.9 Å². The van der Waals surface area contributed by atoms with E-state index in [4.69, 9.17) is 9.84 Å². The third kappa shape index (κ3) is 5.73. The summed E-state index contributed by atoms with van der Waals surface area (Å²) in [6.45, 7) is 6.54. The van der Waals surface area contributed by atoms with E-state index in [-0.39, 0.29) is 30.5 Å². The fourth-order valence-electron chi connectivity index (χ4n) is 2.13. The molecule has 1 aromatic rings. The lowest BCUT2D eigenvalue weighted by molar-refractivity contribution is -0.115. The predicted octanol–water partition coefficient (Wildman–Crippen LogP) is 2.02. The zero-order valence-corrected chi connectivity index (χ0v) is 13.3. The van der Waals surface area contributed by atoms with Gasteiger partial charge in [-0.2, -0.15) is 0 Å². The van der Waals surface area contributed by atoms with Crippen LogP contribution in [0.15, 0.2) is 24.3 Å². The number of ether oxygens (including phenoxy) is 1. The summed E-state index contributed by atoms with van der Waals surface area (Å²) in [7, 11) is 1.57. The number of carbonyl (C=O) groups is 1. The van der Waals surface area contributed by atoms with Crippen LogP contribution >= 0.6 is 0 Å². The van der Waals surface area contributed by atoms with E-state index in [0.717, 1.165) is 0 Å². The standard InChI is InChI=1S/C16H26N2O3/c1-16(2,3)14(9-10-19)17-11-15(20)18-12-7-5-6-8-13(12)21-4/h5-8,14,17,19H,9-11H2,1-4H3,(H,18,20). The van der Waals surface area contributed by atoms with Crippen LogP contribution in [0, 0.1) is 5.41 Å².